The van der Waals surface area contributed by atoms with E-state index in [9.17, 15) is 10.8 Å². The zero-order chi connectivity index (χ0) is 21.4. The van der Waals surface area contributed by atoms with E-state index >= 15 is 0 Å². The number of phenolic OH excluding ortho intramolecular Hbond substituents is 1. The van der Waals surface area contributed by atoms with Crippen LogP contribution in [0.5, 0.6) is 5.75 Å². The number of hydrogen-bond donors (Lipinski definition) is 1. The Morgan fingerprint density at radius 1 is 1.16 bits per heavy atom. The van der Waals surface area contributed by atoms with Crippen molar-refractivity contribution in [1.82, 2.24) is 20.4 Å². The minimum absolute atomic E-state index is 0.323. The molecule has 1 aromatic heterocycles. The van der Waals surface area contributed by atoms with Gasteiger partial charge in [0.05, 0.1) is 6.34 Å². The molecule has 8 heteroatoms. The lowest BCUT2D eigenvalue weighted by Gasteiger charge is -2.36. The maximum Gasteiger partial charge on any atom is 0.144 e. The predicted octanol–water partition coefficient (Wildman–Crippen LogP) is 2.70. The molecule has 1 N–H and O–H groups in total. The molecule has 164 valence electrons. The SMILES string of the molecule is CN1CCc2c(sc3c2C([N])N(CCCN2CCN(c4cccc(O)c4)CC2)C=N3)C1. The monoisotopic (exact) mass is 438 g/mol. The van der Waals surface area contributed by atoms with Crippen LogP contribution in [0.25, 0.3) is 0 Å². The van der Waals surface area contributed by atoms with Gasteiger partial charge in [0.15, 0.2) is 0 Å². The van der Waals surface area contributed by atoms with Gasteiger partial charge in [-0.3, -0.25) is 4.90 Å². The summed E-state index contributed by atoms with van der Waals surface area (Å²) in [4.78, 5) is 15.2. The number of hydrogen-bond acceptors (Lipinski definition) is 7. The molecule has 0 bridgehead atoms. The van der Waals surface area contributed by atoms with E-state index in [0.717, 1.165) is 81.5 Å². The van der Waals surface area contributed by atoms with Crippen molar-refractivity contribution >= 4 is 28.4 Å². The number of phenols is 1. The molecule has 1 atom stereocenters. The highest BCUT2D eigenvalue weighted by Gasteiger charge is 2.31. The average molecular weight is 439 g/mol. The Labute approximate surface area is 188 Å². The molecule has 0 amide bonds. The zero-order valence-electron chi connectivity index (χ0n) is 18.1. The van der Waals surface area contributed by atoms with Crippen LogP contribution in [0.2, 0.25) is 0 Å². The van der Waals surface area contributed by atoms with Crippen LogP contribution in [-0.4, -0.2) is 79.0 Å². The molecule has 3 aliphatic heterocycles. The summed E-state index contributed by atoms with van der Waals surface area (Å²) >= 11 is 1.74. The molecule has 31 heavy (non-hydrogen) atoms. The van der Waals surface area contributed by atoms with Crippen LogP contribution in [0, 0.1) is 0 Å². The van der Waals surface area contributed by atoms with Gasteiger partial charge >= 0.3 is 0 Å². The summed E-state index contributed by atoms with van der Waals surface area (Å²) < 4.78 is 0. The van der Waals surface area contributed by atoms with Crippen LogP contribution < -0.4 is 10.6 Å². The molecule has 1 aromatic carbocycles. The van der Waals surface area contributed by atoms with E-state index in [1.165, 1.54) is 10.4 Å². The van der Waals surface area contributed by atoms with Gasteiger partial charge in [0, 0.05) is 68.0 Å². The Hall–Kier alpha value is -2.13. The van der Waals surface area contributed by atoms with Gasteiger partial charge in [-0.1, -0.05) is 6.07 Å². The summed E-state index contributed by atoms with van der Waals surface area (Å²) in [7, 11) is 2.15. The van der Waals surface area contributed by atoms with Gasteiger partial charge in [-0.05, 0) is 44.1 Å². The number of thiophene rings is 1. The summed E-state index contributed by atoms with van der Waals surface area (Å²) in [5.74, 6) is 0.323. The molecule has 1 unspecified atom stereocenters. The summed E-state index contributed by atoms with van der Waals surface area (Å²) in [6, 6.07) is 7.51. The lowest BCUT2D eigenvalue weighted by molar-refractivity contribution is 0.233. The Kier molecular flexibility index (Phi) is 5.88. The Morgan fingerprint density at radius 3 is 2.81 bits per heavy atom. The van der Waals surface area contributed by atoms with Crippen LogP contribution in [0.15, 0.2) is 29.3 Å². The Balaban J connectivity index is 1.12. The number of aliphatic imine (C=N–C) groups is 1. The molecule has 2 radical (unpaired) electrons. The molecular formula is C23H30N6OS. The first-order valence-corrected chi connectivity index (χ1v) is 12.0. The van der Waals surface area contributed by atoms with Gasteiger partial charge in [-0.2, -0.15) is 0 Å². The molecule has 4 heterocycles. The summed E-state index contributed by atoms with van der Waals surface area (Å²) in [5, 5.41) is 10.7. The van der Waals surface area contributed by atoms with Crippen LogP contribution >= 0.6 is 11.3 Å². The lowest BCUT2D eigenvalue weighted by Crippen LogP contribution is -2.47. The first-order valence-electron chi connectivity index (χ1n) is 11.2. The smallest absolute Gasteiger partial charge is 0.144 e. The minimum atomic E-state index is -0.571. The lowest BCUT2D eigenvalue weighted by atomic mass is 10.00. The number of piperazine rings is 1. The second kappa shape index (κ2) is 8.78. The molecule has 1 fully saturated rings. The second-order valence-electron chi connectivity index (χ2n) is 8.77. The highest BCUT2D eigenvalue weighted by atomic mass is 32.1. The minimum Gasteiger partial charge on any atom is -0.508 e. The predicted molar refractivity (Wildman–Crippen MR) is 125 cm³/mol. The maximum atomic E-state index is 11.0. The van der Waals surface area contributed by atoms with Crippen molar-refractivity contribution in [3.8, 4) is 5.75 Å². The molecule has 0 saturated carbocycles. The van der Waals surface area contributed by atoms with E-state index in [2.05, 4.69) is 32.8 Å². The third-order valence-electron chi connectivity index (χ3n) is 6.62. The van der Waals surface area contributed by atoms with Crippen LogP contribution in [0.4, 0.5) is 10.7 Å². The van der Waals surface area contributed by atoms with Crippen molar-refractivity contribution < 1.29 is 5.11 Å². The van der Waals surface area contributed by atoms with Crippen molar-refractivity contribution in [2.75, 3.05) is 57.8 Å². The first kappa shape index (κ1) is 20.8. The molecule has 7 nitrogen and oxygen atoms in total. The third-order valence-corrected chi connectivity index (χ3v) is 7.76. The van der Waals surface area contributed by atoms with E-state index in [-0.39, 0.29) is 0 Å². The largest absolute Gasteiger partial charge is 0.508 e. The number of rotatable bonds is 5. The van der Waals surface area contributed by atoms with Gasteiger partial charge < -0.3 is 19.8 Å². The van der Waals surface area contributed by atoms with Gasteiger partial charge in [0.25, 0.3) is 0 Å². The van der Waals surface area contributed by atoms with Gasteiger partial charge in [0.1, 0.15) is 16.9 Å². The third kappa shape index (κ3) is 4.30. The Bertz CT molecular complexity index is 952. The van der Waals surface area contributed by atoms with Crippen molar-refractivity contribution in [1.29, 1.82) is 0 Å². The summed E-state index contributed by atoms with van der Waals surface area (Å²) in [5.41, 5.74) is 14.5. The maximum absolute atomic E-state index is 11.0. The molecule has 0 spiro atoms. The van der Waals surface area contributed by atoms with Gasteiger partial charge in [-0.15, -0.1) is 17.1 Å². The van der Waals surface area contributed by atoms with Gasteiger partial charge in [-0.25, -0.2) is 4.99 Å². The number of aromatic hydroxyl groups is 1. The molecule has 1 saturated heterocycles. The van der Waals surface area contributed by atoms with Crippen molar-refractivity contribution in [3.63, 3.8) is 0 Å². The first-order chi connectivity index (χ1) is 15.1. The fraction of sp³-hybridized carbons (Fsp3) is 0.522. The zero-order valence-corrected chi connectivity index (χ0v) is 18.9. The fourth-order valence-electron chi connectivity index (χ4n) is 4.84. The van der Waals surface area contributed by atoms with E-state index in [1.54, 1.807) is 17.4 Å². The van der Waals surface area contributed by atoms with Crippen LogP contribution in [0.1, 0.15) is 28.6 Å². The quantitative estimate of drug-likeness (QED) is 0.778. The fourth-order valence-corrected chi connectivity index (χ4v) is 6.13. The number of fused-ring (bicyclic) bond motifs is 3. The average Bonchev–Trinajstić information content (AvgIpc) is 3.14. The van der Waals surface area contributed by atoms with Crippen LogP contribution in [0.3, 0.4) is 0 Å². The second-order valence-corrected chi connectivity index (χ2v) is 9.85. The molecule has 3 aliphatic rings. The van der Waals surface area contributed by atoms with E-state index in [0.29, 0.717) is 5.75 Å². The van der Waals surface area contributed by atoms with Gasteiger partial charge in [0.2, 0.25) is 0 Å². The summed E-state index contributed by atoms with van der Waals surface area (Å²) in [6.45, 7) is 7.80. The number of nitrogens with zero attached hydrogens (tertiary/aromatic N) is 6. The molecular weight excluding hydrogens is 408 g/mol. The van der Waals surface area contributed by atoms with E-state index in [1.807, 2.05) is 23.4 Å². The molecule has 2 aromatic rings. The van der Waals surface area contributed by atoms with E-state index < -0.39 is 6.17 Å². The molecule has 5 rings (SSSR count). The highest BCUT2D eigenvalue weighted by Crippen LogP contribution is 2.44. The summed E-state index contributed by atoms with van der Waals surface area (Å²) in [6.07, 6.45) is 3.26. The standard InChI is InChI=1S/C23H30N6OS/c1-26-9-6-19-20(15-26)31-23-21(19)22(24)29(16-25-23)8-3-7-27-10-12-28(13-11-27)17-4-2-5-18(30)14-17/h2,4-5,14,16,22,30H,3,6-13,15H2,1H3. The normalized spacial score (nSPS) is 21.9. The number of anilines is 1. The number of likely N-dealkylation sites (N-methyl/N-ethyl adjacent to an activating group) is 1. The Morgan fingerprint density at radius 2 is 2.00 bits per heavy atom. The molecule has 0 aliphatic carbocycles. The highest BCUT2D eigenvalue weighted by molar-refractivity contribution is 7.16. The van der Waals surface area contributed by atoms with Crippen molar-refractivity contribution in [2.45, 2.75) is 25.6 Å². The van der Waals surface area contributed by atoms with Crippen LogP contribution in [-0.2, 0) is 13.0 Å². The van der Waals surface area contributed by atoms with E-state index in [4.69, 9.17) is 0 Å². The van der Waals surface area contributed by atoms with Crippen molar-refractivity contribution in [2.24, 2.45) is 4.99 Å². The number of benzene rings is 1. The topological polar surface area (TPSA) is 67.9 Å². The van der Waals surface area contributed by atoms with Crippen molar-refractivity contribution in [3.05, 3.63) is 40.3 Å².